The zero-order valence-electron chi connectivity index (χ0n) is 13.4. The number of amides is 1. The van der Waals surface area contributed by atoms with E-state index in [0.29, 0.717) is 13.2 Å². The molecule has 0 fully saturated rings. The van der Waals surface area contributed by atoms with E-state index < -0.39 is 0 Å². The second kappa shape index (κ2) is 6.39. The number of hydrogen-bond donors (Lipinski definition) is 1. The van der Waals surface area contributed by atoms with Crippen LogP contribution in [0.15, 0.2) is 60.8 Å². The van der Waals surface area contributed by atoms with Gasteiger partial charge in [-0.1, -0.05) is 18.2 Å². The first-order valence-electron chi connectivity index (χ1n) is 8.00. The molecule has 1 aliphatic heterocycles. The Morgan fingerprint density at radius 2 is 2.00 bits per heavy atom. The maximum absolute atomic E-state index is 13.0. The van der Waals surface area contributed by atoms with Crippen LogP contribution in [0.5, 0.6) is 5.75 Å². The summed E-state index contributed by atoms with van der Waals surface area (Å²) in [6.45, 7) is 0.681. The van der Waals surface area contributed by atoms with Crippen LogP contribution in [0.25, 0.3) is 5.69 Å². The monoisotopic (exact) mass is 337 g/mol. The highest BCUT2D eigenvalue weighted by molar-refractivity contribution is 5.85. The van der Waals surface area contributed by atoms with E-state index in [-0.39, 0.29) is 17.6 Å². The normalized spacial score (nSPS) is 15.5. The van der Waals surface area contributed by atoms with Gasteiger partial charge in [-0.25, -0.2) is 9.07 Å². The van der Waals surface area contributed by atoms with Crippen LogP contribution in [0.3, 0.4) is 0 Å². The molecule has 126 valence electrons. The molecule has 2 heterocycles. The highest BCUT2D eigenvalue weighted by atomic mass is 19.1. The molecule has 0 radical (unpaired) electrons. The Hall–Kier alpha value is -3.15. The van der Waals surface area contributed by atoms with Crippen LogP contribution < -0.4 is 10.1 Å². The molecule has 1 atom stereocenters. The summed E-state index contributed by atoms with van der Waals surface area (Å²) in [4.78, 5) is 12.4. The van der Waals surface area contributed by atoms with Gasteiger partial charge in [0, 0.05) is 11.8 Å². The highest BCUT2D eigenvalue weighted by Crippen LogP contribution is 2.33. The maximum atomic E-state index is 13.0. The number of benzene rings is 2. The first-order valence-corrected chi connectivity index (χ1v) is 8.00. The van der Waals surface area contributed by atoms with Crippen LogP contribution >= 0.6 is 0 Å². The van der Waals surface area contributed by atoms with E-state index in [1.54, 1.807) is 23.0 Å². The van der Waals surface area contributed by atoms with Crippen molar-refractivity contribution in [3.63, 3.8) is 0 Å². The number of halogens is 1. The summed E-state index contributed by atoms with van der Waals surface area (Å²) < 4.78 is 20.2. The van der Waals surface area contributed by atoms with Gasteiger partial charge < -0.3 is 10.1 Å². The minimum absolute atomic E-state index is 0.0821. The van der Waals surface area contributed by atoms with Crippen molar-refractivity contribution in [2.24, 2.45) is 0 Å². The lowest BCUT2D eigenvalue weighted by molar-refractivity contribution is -0.122. The van der Waals surface area contributed by atoms with Crippen LogP contribution in [-0.4, -0.2) is 22.3 Å². The van der Waals surface area contributed by atoms with Gasteiger partial charge in [-0.15, -0.1) is 0 Å². The smallest absolute Gasteiger partial charge is 0.231 e. The lowest BCUT2D eigenvalue weighted by atomic mass is 10.0. The molecule has 1 aromatic heterocycles. The van der Waals surface area contributed by atoms with E-state index in [1.165, 1.54) is 12.1 Å². The third kappa shape index (κ3) is 3.10. The number of para-hydroxylation sites is 1. The zero-order chi connectivity index (χ0) is 17.2. The van der Waals surface area contributed by atoms with E-state index in [4.69, 9.17) is 4.74 Å². The van der Waals surface area contributed by atoms with E-state index in [1.807, 2.05) is 30.3 Å². The van der Waals surface area contributed by atoms with Gasteiger partial charge in [0.15, 0.2) is 0 Å². The number of nitrogens with zero attached hydrogens (tertiary/aromatic N) is 2. The summed E-state index contributed by atoms with van der Waals surface area (Å²) in [5.41, 5.74) is 2.40. The Bertz CT molecular complexity index is 905. The first kappa shape index (κ1) is 15.4. The topological polar surface area (TPSA) is 56.2 Å². The van der Waals surface area contributed by atoms with E-state index in [2.05, 4.69) is 10.4 Å². The number of carbonyl (C=O) groups is 1. The largest absolute Gasteiger partial charge is 0.492 e. The van der Waals surface area contributed by atoms with Crippen molar-refractivity contribution >= 4 is 5.91 Å². The number of nitrogens with one attached hydrogen (secondary N) is 1. The molecule has 4 rings (SSSR count). The van der Waals surface area contributed by atoms with E-state index in [0.717, 1.165) is 22.7 Å². The van der Waals surface area contributed by atoms with Gasteiger partial charge in [-0.3, -0.25) is 4.79 Å². The van der Waals surface area contributed by atoms with Gasteiger partial charge in [0.25, 0.3) is 0 Å². The van der Waals surface area contributed by atoms with Gasteiger partial charge >= 0.3 is 0 Å². The minimum Gasteiger partial charge on any atom is -0.492 e. The second-order valence-electron chi connectivity index (χ2n) is 5.85. The Morgan fingerprint density at radius 1 is 1.20 bits per heavy atom. The molecule has 0 saturated heterocycles. The van der Waals surface area contributed by atoms with Crippen LogP contribution in [0.2, 0.25) is 0 Å². The number of hydrogen-bond acceptors (Lipinski definition) is 3. The van der Waals surface area contributed by atoms with Gasteiger partial charge in [0.05, 0.1) is 17.9 Å². The quantitative estimate of drug-likeness (QED) is 0.796. The Morgan fingerprint density at radius 3 is 2.84 bits per heavy atom. The molecule has 2 aromatic carbocycles. The van der Waals surface area contributed by atoms with Gasteiger partial charge in [0.2, 0.25) is 5.91 Å². The van der Waals surface area contributed by atoms with Gasteiger partial charge in [0.1, 0.15) is 24.1 Å². The minimum atomic E-state index is -0.296. The van der Waals surface area contributed by atoms with Gasteiger partial charge in [-0.05, 0) is 36.4 Å². The molecule has 0 bridgehead atoms. The maximum Gasteiger partial charge on any atom is 0.231 e. The standard InChI is InChI=1S/C19H16FN3O2/c20-13-5-7-15(8-6-13)23-10-9-14(22-23)11-21-19(24)17-12-25-18-4-2-1-3-16(17)18/h1-10,17H,11-12H2,(H,21,24)/t17-/m0/s1. The van der Waals surface area contributed by atoms with Crippen molar-refractivity contribution in [1.29, 1.82) is 0 Å². The fourth-order valence-corrected chi connectivity index (χ4v) is 2.87. The Kier molecular flexibility index (Phi) is 3.93. The summed E-state index contributed by atoms with van der Waals surface area (Å²) in [5, 5.41) is 7.30. The summed E-state index contributed by atoms with van der Waals surface area (Å²) in [6, 6.07) is 15.5. The highest BCUT2D eigenvalue weighted by Gasteiger charge is 2.29. The predicted octanol–water partition coefficient (Wildman–Crippen LogP) is 2.80. The molecule has 0 spiro atoms. The van der Waals surface area contributed by atoms with Crippen LogP contribution in [-0.2, 0) is 11.3 Å². The number of carbonyl (C=O) groups excluding carboxylic acids is 1. The summed E-state index contributed by atoms with van der Waals surface area (Å²) in [7, 11) is 0. The van der Waals surface area contributed by atoms with Crippen molar-refractivity contribution in [2.45, 2.75) is 12.5 Å². The molecule has 0 saturated carbocycles. The second-order valence-corrected chi connectivity index (χ2v) is 5.85. The van der Waals surface area contributed by atoms with Crippen LogP contribution in [0, 0.1) is 5.82 Å². The van der Waals surface area contributed by atoms with Crippen molar-refractivity contribution < 1.29 is 13.9 Å². The fourth-order valence-electron chi connectivity index (χ4n) is 2.87. The summed E-state index contributed by atoms with van der Waals surface area (Å²) in [5.74, 6) is 0.0994. The lowest BCUT2D eigenvalue weighted by Crippen LogP contribution is -2.29. The van der Waals surface area contributed by atoms with Crippen LogP contribution in [0.1, 0.15) is 17.2 Å². The molecular formula is C19H16FN3O2. The molecule has 1 N–H and O–H groups in total. The van der Waals surface area contributed by atoms with Crippen LogP contribution in [0.4, 0.5) is 4.39 Å². The lowest BCUT2D eigenvalue weighted by Gasteiger charge is -2.09. The van der Waals surface area contributed by atoms with Crippen molar-refractivity contribution in [3.05, 3.63) is 77.9 Å². The Balaban J connectivity index is 1.41. The molecule has 6 heteroatoms. The Labute approximate surface area is 144 Å². The molecule has 25 heavy (non-hydrogen) atoms. The van der Waals surface area contributed by atoms with Crippen molar-refractivity contribution in [2.75, 3.05) is 6.61 Å². The number of fused-ring (bicyclic) bond motifs is 1. The van der Waals surface area contributed by atoms with Crippen molar-refractivity contribution in [3.8, 4) is 11.4 Å². The number of rotatable bonds is 4. The number of aromatic nitrogens is 2. The summed E-state index contributed by atoms with van der Waals surface area (Å²) in [6.07, 6.45) is 1.78. The van der Waals surface area contributed by atoms with E-state index >= 15 is 0 Å². The third-order valence-corrected chi connectivity index (χ3v) is 4.20. The SMILES string of the molecule is O=C(NCc1ccn(-c2ccc(F)cc2)n1)[C@H]1COc2ccccc21. The van der Waals surface area contributed by atoms with E-state index in [9.17, 15) is 9.18 Å². The average Bonchev–Trinajstić information content (AvgIpc) is 3.27. The summed E-state index contributed by atoms with van der Waals surface area (Å²) >= 11 is 0. The zero-order valence-corrected chi connectivity index (χ0v) is 13.4. The molecule has 1 aliphatic rings. The van der Waals surface area contributed by atoms with Gasteiger partial charge in [-0.2, -0.15) is 5.10 Å². The molecule has 3 aromatic rings. The molecule has 1 amide bonds. The first-order chi connectivity index (χ1) is 12.2. The number of ether oxygens (including phenoxy) is 1. The molecule has 5 nitrogen and oxygen atoms in total. The fraction of sp³-hybridized carbons (Fsp3) is 0.158. The predicted molar refractivity (Wildman–Crippen MR) is 90.0 cm³/mol. The van der Waals surface area contributed by atoms with Crippen molar-refractivity contribution in [1.82, 2.24) is 15.1 Å². The molecule has 0 aliphatic carbocycles. The average molecular weight is 337 g/mol. The third-order valence-electron chi connectivity index (χ3n) is 4.20. The molecular weight excluding hydrogens is 321 g/mol. The molecule has 0 unspecified atom stereocenters.